The number of nitrogens with zero attached hydrogens (tertiary/aromatic N) is 1. The fraction of sp³-hybridized carbons (Fsp3) is 0.176. The van der Waals surface area contributed by atoms with Gasteiger partial charge >= 0.3 is 6.03 Å². The Morgan fingerprint density at radius 1 is 1.04 bits per heavy atom. The van der Waals surface area contributed by atoms with Gasteiger partial charge in [-0.05, 0) is 24.1 Å². The minimum absolute atomic E-state index is 0.0105. The lowest BCUT2D eigenvalue weighted by Crippen LogP contribution is -2.46. The monoisotopic (exact) mass is 377 g/mol. The van der Waals surface area contributed by atoms with Gasteiger partial charge in [0.05, 0.1) is 4.90 Å². The van der Waals surface area contributed by atoms with Crippen molar-refractivity contribution < 1.29 is 23.2 Å². The molecule has 0 heterocycles. The van der Waals surface area contributed by atoms with Crippen LogP contribution in [-0.4, -0.2) is 37.0 Å². The van der Waals surface area contributed by atoms with Gasteiger partial charge in [-0.25, -0.2) is 23.4 Å². The van der Waals surface area contributed by atoms with Gasteiger partial charge in [0.1, 0.15) is 6.54 Å². The molecule has 0 fully saturated rings. The van der Waals surface area contributed by atoms with E-state index in [0.29, 0.717) is 11.1 Å². The Bertz CT molecular complexity index is 884. The molecule has 0 aliphatic rings. The molecule has 0 unspecified atom stereocenters. The molecule has 26 heavy (non-hydrogen) atoms. The molecule has 2 aromatic carbocycles. The Balaban J connectivity index is 2.22. The standard InChI is InChI=1S/C17H19N3O5S/c1-13-7-5-6-10-15(13)26(24,25)19-17(22)20(12-16(21)18-23)11-14-8-3-2-4-9-14/h2-10,23H,11-12H2,1H3,(H,18,21)(H,19,22). The Morgan fingerprint density at radius 3 is 2.27 bits per heavy atom. The number of carbonyl (C=O) groups is 2. The molecule has 138 valence electrons. The number of urea groups is 1. The first-order valence-corrected chi connectivity index (χ1v) is 9.16. The number of carbonyl (C=O) groups excluding carboxylic acids is 2. The number of nitrogens with one attached hydrogen (secondary N) is 2. The maximum absolute atomic E-state index is 12.5. The van der Waals surface area contributed by atoms with Gasteiger partial charge in [-0.1, -0.05) is 48.5 Å². The normalized spacial score (nSPS) is 10.8. The first-order chi connectivity index (χ1) is 12.3. The van der Waals surface area contributed by atoms with E-state index in [1.807, 2.05) is 4.72 Å². The second-order valence-corrected chi connectivity index (χ2v) is 7.20. The van der Waals surface area contributed by atoms with Gasteiger partial charge in [0.15, 0.2) is 0 Å². The highest BCUT2D eigenvalue weighted by molar-refractivity contribution is 7.90. The molecule has 0 saturated carbocycles. The highest BCUT2D eigenvalue weighted by Crippen LogP contribution is 2.14. The number of amides is 3. The number of hydroxylamine groups is 1. The Labute approximate surface area is 151 Å². The van der Waals surface area contributed by atoms with Crippen LogP contribution in [0.4, 0.5) is 4.79 Å². The molecule has 0 aromatic heterocycles. The van der Waals surface area contributed by atoms with Crippen molar-refractivity contribution in [1.29, 1.82) is 0 Å². The van der Waals surface area contributed by atoms with E-state index in [4.69, 9.17) is 5.21 Å². The van der Waals surface area contributed by atoms with Gasteiger partial charge in [-0.15, -0.1) is 0 Å². The number of sulfonamides is 1. The summed E-state index contributed by atoms with van der Waals surface area (Å²) in [6.07, 6.45) is 0. The molecular weight excluding hydrogens is 358 g/mol. The van der Waals surface area contributed by atoms with Crippen LogP contribution in [0.3, 0.4) is 0 Å². The molecule has 0 spiro atoms. The van der Waals surface area contributed by atoms with Crippen LogP contribution in [0, 0.1) is 6.92 Å². The van der Waals surface area contributed by atoms with E-state index in [9.17, 15) is 18.0 Å². The Morgan fingerprint density at radius 2 is 1.65 bits per heavy atom. The van der Waals surface area contributed by atoms with Crippen LogP contribution in [0.25, 0.3) is 0 Å². The van der Waals surface area contributed by atoms with Crippen molar-refractivity contribution in [3.05, 3.63) is 65.7 Å². The fourth-order valence-corrected chi connectivity index (χ4v) is 3.52. The van der Waals surface area contributed by atoms with Gasteiger partial charge in [0.2, 0.25) is 0 Å². The maximum Gasteiger partial charge on any atom is 0.332 e. The summed E-state index contributed by atoms with van der Waals surface area (Å²) in [5, 5.41) is 8.70. The number of hydrogen-bond acceptors (Lipinski definition) is 5. The predicted molar refractivity (Wildman–Crippen MR) is 93.7 cm³/mol. The van der Waals surface area contributed by atoms with E-state index in [0.717, 1.165) is 4.90 Å². The zero-order chi connectivity index (χ0) is 19.2. The van der Waals surface area contributed by atoms with Crippen molar-refractivity contribution in [2.45, 2.75) is 18.4 Å². The molecule has 9 heteroatoms. The largest absolute Gasteiger partial charge is 0.332 e. The van der Waals surface area contributed by atoms with Crippen molar-refractivity contribution in [3.8, 4) is 0 Å². The summed E-state index contributed by atoms with van der Waals surface area (Å²) in [5.41, 5.74) is 2.61. The van der Waals surface area contributed by atoms with Crippen molar-refractivity contribution in [1.82, 2.24) is 15.1 Å². The van der Waals surface area contributed by atoms with Crippen LogP contribution in [0.1, 0.15) is 11.1 Å². The molecule has 0 atom stereocenters. The molecular formula is C17H19N3O5S. The number of benzene rings is 2. The minimum Gasteiger partial charge on any atom is -0.310 e. The second kappa shape index (κ2) is 8.45. The van der Waals surface area contributed by atoms with Gasteiger partial charge in [-0.2, -0.15) is 0 Å². The molecule has 3 amide bonds. The van der Waals surface area contributed by atoms with Crippen LogP contribution < -0.4 is 10.2 Å². The lowest BCUT2D eigenvalue weighted by atomic mass is 10.2. The number of rotatable bonds is 6. The molecule has 3 N–H and O–H groups in total. The lowest BCUT2D eigenvalue weighted by Gasteiger charge is -2.22. The third kappa shape index (κ3) is 5.04. The Kier molecular flexibility index (Phi) is 6.31. The Hall–Kier alpha value is -2.91. The van der Waals surface area contributed by atoms with E-state index < -0.39 is 28.5 Å². The predicted octanol–water partition coefficient (Wildman–Crippen LogP) is 1.40. The molecule has 0 radical (unpaired) electrons. The highest BCUT2D eigenvalue weighted by Gasteiger charge is 2.24. The topological polar surface area (TPSA) is 116 Å². The molecule has 0 bridgehead atoms. The first kappa shape index (κ1) is 19.4. The smallest absolute Gasteiger partial charge is 0.310 e. The second-order valence-electron chi connectivity index (χ2n) is 5.55. The van der Waals surface area contributed by atoms with Gasteiger partial charge in [-0.3, -0.25) is 10.0 Å². The molecule has 2 aromatic rings. The fourth-order valence-electron chi connectivity index (χ4n) is 2.30. The van der Waals surface area contributed by atoms with Gasteiger partial charge in [0.25, 0.3) is 15.9 Å². The average molecular weight is 377 g/mol. The van der Waals surface area contributed by atoms with Crippen molar-refractivity contribution in [2.24, 2.45) is 0 Å². The quantitative estimate of drug-likeness (QED) is 0.520. The maximum atomic E-state index is 12.5. The summed E-state index contributed by atoms with van der Waals surface area (Å²) in [5.74, 6) is -0.843. The van der Waals surface area contributed by atoms with Crippen molar-refractivity contribution in [2.75, 3.05) is 6.54 Å². The summed E-state index contributed by atoms with van der Waals surface area (Å²) in [6, 6.07) is 14.0. The van der Waals surface area contributed by atoms with Crippen LogP contribution in [0.15, 0.2) is 59.5 Å². The molecule has 8 nitrogen and oxygen atoms in total. The highest BCUT2D eigenvalue weighted by atomic mass is 32.2. The number of hydrogen-bond donors (Lipinski definition) is 3. The van der Waals surface area contributed by atoms with Crippen molar-refractivity contribution >= 4 is 22.0 Å². The third-order valence-corrected chi connectivity index (χ3v) is 5.05. The summed E-state index contributed by atoms with van der Waals surface area (Å²) in [7, 11) is -4.11. The van der Waals surface area contributed by atoms with Crippen LogP contribution >= 0.6 is 0 Å². The minimum atomic E-state index is -4.11. The van der Waals surface area contributed by atoms with E-state index in [1.165, 1.54) is 11.5 Å². The summed E-state index contributed by atoms with van der Waals surface area (Å²) in [4.78, 5) is 24.9. The van der Waals surface area contributed by atoms with E-state index in [-0.39, 0.29) is 11.4 Å². The average Bonchev–Trinajstić information content (AvgIpc) is 2.61. The third-order valence-electron chi connectivity index (χ3n) is 3.57. The van der Waals surface area contributed by atoms with Crippen LogP contribution in [-0.2, 0) is 21.4 Å². The zero-order valence-electron chi connectivity index (χ0n) is 14.0. The lowest BCUT2D eigenvalue weighted by molar-refractivity contribution is -0.129. The summed E-state index contributed by atoms with van der Waals surface area (Å²) < 4.78 is 26.9. The number of aryl methyl sites for hydroxylation is 1. The zero-order valence-corrected chi connectivity index (χ0v) is 14.9. The molecule has 0 aliphatic heterocycles. The summed E-state index contributed by atoms with van der Waals surface area (Å²) >= 11 is 0. The van der Waals surface area contributed by atoms with E-state index in [1.54, 1.807) is 55.5 Å². The van der Waals surface area contributed by atoms with E-state index >= 15 is 0 Å². The first-order valence-electron chi connectivity index (χ1n) is 7.67. The van der Waals surface area contributed by atoms with Crippen molar-refractivity contribution in [3.63, 3.8) is 0 Å². The van der Waals surface area contributed by atoms with Crippen LogP contribution in [0.5, 0.6) is 0 Å². The van der Waals surface area contributed by atoms with Gasteiger partial charge in [0, 0.05) is 6.54 Å². The molecule has 0 aliphatic carbocycles. The molecule has 0 saturated heterocycles. The van der Waals surface area contributed by atoms with E-state index in [2.05, 4.69) is 0 Å². The van der Waals surface area contributed by atoms with Crippen LogP contribution in [0.2, 0.25) is 0 Å². The molecule has 2 rings (SSSR count). The summed E-state index contributed by atoms with van der Waals surface area (Å²) in [6.45, 7) is 1.09. The van der Waals surface area contributed by atoms with Gasteiger partial charge < -0.3 is 4.90 Å². The SMILES string of the molecule is Cc1ccccc1S(=O)(=O)NC(=O)N(CC(=O)NO)Cc1ccccc1.